The molecule has 0 bridgehead atoms. The second-order valence-corrected chi connectivity index (χ2v) is 5.61. The van der Waals surface area contributed by atoms with Gasteiger partial charge in [0, 0.05) is 0 Å². The normalized spacial score (nSPS) is 34.5. The first-order valence-corrected chi connectivity index (χ1v) is 6.48. The van der Waals surface area contributed by atoms with Crippen LogP contribution in [0.1, 0.15) is 32.6 Å². The number of urea groups is 1. The van der Waals surface area contributed by atoms with Crippen LogP contribution in [0.4, 0.5) is 4.79 Å². The minimum Gasteiger partial charge on any atom is -0.323 e. The lowest BCUT2D eigenvalue weighted by Gasteiger charge is -2.23. The molecule has 1 aliphatic carbocycles. The number of amides is 3. The van der Waals surface area contributed by atoms with E-state index in [9.17, 15) is 9.59 Å². The molecule has 17 heavy (non-hydrogen) atoms. The third kappa shape index (κ3) is 1.73. The average Bonchev–Trinajstić information content (AvgIpc) is 2.99. The molecule has 2 aliphatic heterocycles. The van der Waals surface area contributed by atoms with Crippen LogP contribution in [0.2, 0.25) is 0 Å². The largest absolute Gasteiger partial charge is 0.326 e. The van der Waals surface area contributed by atoms with Crippen LogP contribution >= 0.6 is 0 Å². The molecule has 3 fully saturated rings. The molecule has 0 aromatic carbocycles. The zero-order valence-corrected chi connectivity index (χ0v) is 10.2. The maximum atomic E-state index is 12.3. The topological polar surface area (TPSA) is 52.7 Å². The minimum absolute atomic E-state index is 0.0306. The Morgan fingerprint density at radius 2 is 1.94 bits per heavy atom. The molecule has 5 nitrogen and oxygen atoms in total. The number of rotatable bonds is 3. The van der Waals surface area contributed by atoms with Crippen LogP contribution in [-0.2, 0) is 4.79 Å². The van der Waals surface area contributed by atoms with Crippen LogP contribution in [-0.4, -0.2) is 47.0 Å². The highest BCUT2D eigenvalue weighted by molar-refractivity contribution is 6.07. The van der Waals surface area contributed by atoms with Gasteiger partial charge >= 0.3 is 6.03 Å². The Kier molecular flexibility index (Phi) is 2.40. The first kappa shape index (κ1) is 11.0. The highest BCUT2D eigenvalue weighted by Gasteiger charge is 2.56. The van der Waals surface area contributed by atoms with E-state index in [2.05, 4.69) is 10.2 Å². The molecule has 0 aromatic rings. The van der Waals surface area contributed by atoms with Crippen LogP contribution in [0, 0.1) is 5.92 Å². The van der Waals surface area contributed by atoms with Gasteiger partial charge < -0.3 is 5.32 Å². The third-order valence-electron chi connectivity index (χ3n) is 4.24. The van der Waals surface area contributed by atoms with Crippen molar-refractivity contribution in [2.24, 2.45) is 5.92 Å². The van der Waals surface area contributed by atoms with Crippen molar-refractivity contribution in [3.05, 3.63) is 0 Å². The predicted molar refractivity (Wildman–Crippen MR) is 62.2 cm³/mol. The molecule has 0 spiro atoms. The molecule has 3 amide bonds. The Morgan fingerprint density at radius 3 is 2.53 bits per heavy atom. The quantitative estimate of drug-likeness (QED) is 0.737. The van der Waals surface area contributed by atoms with E-state index in [4.69, 9.17) is 0 Å². The molecule has 5 heteroatoms. The average molecular weight is 237 g/mol. The smallest absolute Gasteiger partial charge is 0.323 e. The Hall–Kier alpha value is -1.10. The fraction of sp³-hybridized carbons (Fsp3) is 0.833. The fourth-order valence-electron chi connectivity index (χ4n) is 2.91. The minimum atomic E-state index is -0.628. The third-order valence-corrected chi connectivity index (χ3v) is 4.24. The summed E-state index contributed by atoms with van der Waals surface area (Å²) in [6.45, 7) is 4.33. The van der Waals surface area contributed by atoms with Crippen LogP contribution < -0.4 is 5.32 Å². The maximum Gasteiger partial charge on any atom is 0.326 e. The van der Waals surface area contributed by atoms with Crippen molar-refractivity contribution in [3.8, 4) is 0 Å². The summed E-state index contributed by atoms with van der Waals surface area (Å²) < 4.78 is 0. The molecule has 2 heterocycles. The number of nitrogens with one attached hydrogen (secondary N) is 1. The Morgan fingerprint density at radius 1 is 1.29 bits per heavy atom. The molecule has 3 aliphatic rings. The number of carbonyl (C=O) groups is 2. The molecule has 94 valence electrons. The van der Waals surface area contributed by atoms with E-state index in [1.54, 1.807) is 0 Å². The van der Waals surface area contributed by atoms with E-state index >= 15 is 0 Å². The molecule has 0 unspecified atom stereocenters. The summed E-state index contributed by atoms with van der Waals surface area (Å²) in [5.41, 5.74) is -0.628. The van der Waals surface area contributed by atoms with E-state index in [-0.39, 0.29) is 11.9 Å². The van der Waals surface area contributed by atoms with Crippen molar-refractivity contribution in [2.75, 3.05) is 19.8 Å². The van der Waals surface area contributed by atoms with Crippen molar-refractivity contribution in [2.45, 2.75) is 38.1 Å². The zero-order chi connectivity index (χ0) is 12.0. The zero-order valence-electron chi connectivity index (χ0n) is 10.2. The molecule has 0 radical (unpaired) electrons. The number of carbonyl (C=O) groups excluding carboxylic acids is 2. The van der Waals surface area contributed by atoms with E-state index < -0.39 is 5.54 Å². The number of likely N-dealkylation sites (tertiary alicyclic amines) is 1. The number of imide groups is 1. The van der Waals surface area contributed by atoms with E-state index in [1.165, 1.54) is 17.7 Å². The van der Waals surface area contributed by atoms with Gasteiger partial charge in [0.15, 0.2) is 0 Å². The summed E-state index contributed by atoms with van der Waals surface area (Å²) in [5, 5.41) is 2.88. The number of hydrogen-bond acceptors (Lipinski definition) is 3. The van der Waals surface area contributed by atoms with Gasteiger partial charge in [-0.2, -0.15) is 0 Å². The second-order valence-electron chi connectivity index (χ2n) is 5.61. The fourth-order valence-corrected chi connectivity index (χ4v) is 2.91. The molecule has 3 rings (SSSR count). The summed E-state index contributed by atoms with van der Waals surface area (Å²) in [5.74, 6) is 0.319. The van der Waals surface area contributed by atoms with Gasteiger partial charge in [0.25, 0.3) is 5.91 Å². The molecule has 1 N–H and O–H groups in total. The van der Waals surface area contributed by atoms with Gasteiger partial charge in [0.1, 0.15) is 5.54 Å². The van der Waals surface area contributed by atoms with Gasteiger partial charge in [-0.3, -0.25) is 9.69 Å². The highest BCUT2D eigenvalue weighted by atomic mass is 16.2. The standard InChI is InChI=1S/C12H19N3O2/c1-12(9-4-5-9)10(16)15(11(17)13-12)8-14-6-2-3-7-14/h9H,2-8H2,1H3,(H,13,17)/t12-/m1/s1. The molecular weight excluding hydrogens is 218 g/mol. The molecule has 1 saturated carbocycles. The van der Waals surface area contributed by atoms with Gasteiger partial charge in [-0.1, -0.05) is 0 Å². The molecule has 0 aromatic heterocycles. The summed E-state index contributed by atoms with van der Waals surface area (Å²) in [4.78, 5) is 27.8. The second kappa shape index (κ2) is 3.70. The van der Waals surface area contributed by atoms with Gasteiger partial charge in [-0.25, -0.2) is 9.69 Å². The van der Waals surface area contributed by atoms with Crippen molar-refractivity contribution < 1.29 is 9.59 Å². The van der Waals surface area contributed by atoms with Crippen LogP contribution in [0.3, 0.4) is 0 Å². The summed E-state index contributed by atoms with van der Waals surface area (Å²) in [7, 11) is 0. The van der Waals surface area contributed by atoms with Gasteiger partial charge in [0.05, 0.1) is 6.67 Å². The lowest BCUT2D eigenvalue weighted by atomic mass is 9.96. The first-order valence-electron chi connectivity index (χ1n) is 6.48. The van der Waals surface area contributed by atoms with Gasteiger partial charge in [0.2, 0.25) is 0 Å². The monoisotopic (exact) mass is 237 g/mol. The summed E-state index contributed by atoms with van der Waals surface area (Å²) in [6, 6.07) is -0.212. The van der Waals surface area contributed by atoms with Crippen molar-refractivity contribution >= 4 is 11.9 Å². The number of nitrogens with zero attached hydrogens (tertiary/aromatic N) is 2. The van der Waals surface area contributed by atoms with Gasteiger partial charge in [-0.05, 0) is 51.6 Å². The van der Waals surface area contributed by atoms with Gasteiger partial charge in [-0.15, -0.1) is 0 Å². The Balaban J connectivity index is 1.72. The predicted octanol–water partition coefficient (Wildman–Crippen LogP) is 0.760. The summed E-state index contributed by atoms with van der Waals surface area (Å²) >= 11 is 0. The number of hydrogen-bond donors (Lipinski definition) is 1. The Bertz CT molecular complexity index is 361. The van der Waals surface area contributed by atoms with Crippen molar-refractivity contribution in [1.29, 1.82) is 0 Å². The first-order chi connectivity index (χ1) is 8.11. The van der Waals surface area contributed by atoms with Crippen LogP contribution in [0.5, 0.6) is 0 Å². The molecule has 1 atom stereocenters. The lowest BCUT2D eigenvalue weighted by molar-refractivity contribution is -0.132. The molecule has 2 saturated heterocycles. The van der Waals surface area contributed by atoms with Crippen molar-refractivity contribution in [3.63, 3.8) is 0 Å². The van der Waals surface area contributed by atoms with Crippen LogP contribution in [0.25, 0.3) is 0 Å². The SMILES string of the molecule is C[C@]1(C2CC2)NC(=O)N(CN2CCCC2)C1=O. The van der Waals surface area contributed by atoms with Crippen LogP contribution in [0.15, 0.2) is 0 Å². The van der Waals surface area contributed by atoms with E-state index in [1.807, 2.05) is 6.92 Å². The van der Waals surface area contributed by atoms with Crippen molar-refractivity contribution in [1.82, 2.24) is 15.1 Å². The maximum absolute atomic E-state index is 12.3. The van der Waals surface area contributed by atoms with E-state index in [0.29, 0.717) is 12.6 Å². The highest BCUT2D eigenvalue weighted by Crippen LogP contribution is 2.42. The van der Waals surface area contributed by atoms with E-state index in [0.717, 1.165) is 25.9 Å². The lowest BCUT2D eigenvalue weighted by Crippen LogP contribution is -2.47. The molecular formula is C12H19N3O2. The summed E-state index contributed by atoms with van der Waals surface area (Å²) in [6.07, 6.45) is 4.45. The Labute approximate surface area is 101 Å².